The van der Waals surface area contributed by atoms with Gasteiger partial charge in [0.1, 0.15) is 5.52 Å². The molecule has 2 N–H and O–H groups in total. The molecule has 0 radical (unpaired) electrons. The Morgan fingerprint density at radius 1 is 1.05 bits per heavy atom. The first-order valence-electron chi connectivity index (χ1n) is 6.73. The van der Waals surface area contributed by atoms with Crippen molar-refractivity contribution >= 4 is 33.3 Å². The minimum Gasteiger partial charge on any atom is -0.337 e. The van der Waals surface area contributed by atoms with Crippen LogP contribution in [0, 0.1) is 6.92 Å². The molecule has 0 amide bonds. The van der Waals surface area contributed by atoms with Crippen LogP contribution in [0.5, 0.6) is 0 Å². The Kier molecular flexibility index (Phi) is 2.57. The first-order chi connectivity index (χ1) is 10.3. The standard InChI is InChI=1S/C16H13N5/c1-10-13-5-4-12(9-11(13)6-8-17-10)19-16-15-14(20-21-16)3-2-7-18-15/h2-9H,1H3,(H2,19,20,21). The lowest BCUT2D eigenvalue weighted by Gasteiger charge is -2.06. The Hall–Kier alpha value is -2.95. The van der Waals surface area contributed by atoms with Crippen molar-refractivity contribution in [3.8, 4) is 0 Å². The Balaban J connectivity index is 1.77. The van der Waals surface area contributed by atoms with Crippen molar-refractivity contribution in [2.75, 3.05) is 5.32 Å². The van der Waals surface area contributed by atoms with E-state index in [1.165, 1.54) is 0 Å². The van der Waals surface area contributed by atoms with E-state index < -0.39 is 0 Å². The molecule has 21 heavy (non-hydrogen) atoms. The first-order valence-corrected chi connectivity index (χ1v) is 6.73. The first kappa shape index (κ1) is 11.8. The number of anilines is 2. The zero-order valence-corrected chi connectivity index (χ0v) is 11.5. The molecule has 0 unspecified atom stereocenters. The highest BCUT2D eigenvalue weighted by Gasteiger charge is 2.07. The van der Waals surface area contributed by atoms with Gasteiger partial charge in [0.05, 0.1) is 5.52 Å². The summed E-state index contributed by atoms with van der Waals surface area (Å²) in [5, 5.41) is 12.9. The summed E-state index contributed by atoms with van der Waals surface area (Å²) in [5.41, 5.74) is 3.77. The second-order valence-electron chi connectivity index (χ2n) is 4.93. The van der Waals surface area contributed by atoms with E-state index in [1.54, 1.807) is 6.20 Å². The number of rotatable bonds is 2. The van der Waals surface area contributed by atoms with E-state index in [2.05, 4.69) is 37.6 Å². The molecule has 1 aromatic carbocycles. The van der Waals surface area contributed by atoms with Gasteiger partial charge in [-0.1, -0.05) is 6.07 Å². The van der Waals surface area contributed by atoms with Crippen LogP contribution >= 0.6 is 0 Å². The van der Waals surface area contributed by atoms with Crippen molar-refractivity contribution in [2.45, 2.75) is 6.92 Å². The van der Waals surface area contributed by atoms with E-state index in [1.807, 2.05) is 37.4 Å². The SMILES string of the molecule is Cc1nccc2cc(Nc3n[nH]c4cccnc34)ccc12. The lowest BCUT2D eigenvalue weighted by Crippen LogP contribution is -1.92. The van der Waals surface area contributed by atoms with Crippen molar-refractivity contribution in [1.29, 1.82) is 0 Å². The fourth-order valence-corrected chi connectivity index (χ4v) is 2.48. The van der Waals surface area contributed by atoms with Crippen LogP contribution in [-0.2, 0) is 0 Å². The lowest BCUT2D eigenvalue weighted by molar-refractivity contribution is 1.12. The highest BCUT2D eigenvalue weighted by molar-refractivity contribution is 5.91. The Bertz CT molecular complexity index is 942. The summed E-state index contributed by atoms with van der Waals surface area (Å²) in [5.74, 6) is 0.732. The highest BCUT2D eigenvalue weighted by atomic mass is 15.2. The second kappa shape index (κ2) is 4.56. The van der Waals surface area contributed by atoms with Gasteiger partial charge in [-0.25, -0.2) is 0 Å². The number of nitrogens with zero attached hydrogens (tertiary/aromatic N) is 3. The van der Waals surface area contributed by atoms with E-state index in [9.17, 15) is 0 Å². The number of benzene rings is 1. The molecular formula is C16H13N5. The molecule has 0 atom stereocenters. The minimum absolute atomic E-state index is 0.732. The molecule has 0 aliphatic carbocycles. The van der Waals surface area contributed by atoms with Crippen LogP contribution < -0.4 is 5.32 Å². The van der Waals surface area contributed by atoms with E-state index in [-0.39, 0.29) is 0 Å². The fourth-order valence-electron chi connectivity index (χ4n) is 2.48. The number of aromatic nitrogens is 4. The van der Waals surface area contributed by atoms with Crippen molar-refractivity contribution < 1.29 is 0 Å². The molecule has 0 aliphatic rings. The number of hydrogen-bond donors (Lipinski definition) is 2. The number of aromatic amines is 1. The van der Waals surface area contributed by atoms with Crippen molar-refractivity contribution in [3.63, 3.8) is 0 Å². The van der Waals surface area contributed by atoms with Crippen LogP contribution in [0.15, 0.2) is 48.8 Å². The maximum Gasteiger partial charge on any atom is 0.178 e. The molecule has 0 fully saturated rings. The van der Waals surface area contributed by atoms with Crippen LogP contribution in [0.1, 0.15) is 5.69 Å². The van der Waals surface area contributed by atoms with Crippen LogP contribution in [0.2, 0.25) is 0 Å². The number of nitrogens with one attached hydrogen (secondary N) is 2. The van der Waals surface area contributed by atoms with Gasteiger partial charge in [0.2, 0.25) is 0 Å². The third kappa shape index (κ3) is 1.99. The van der Waals surface area contributed by atoms with Crippen LogP contribution in [0.25, 0.3) is 21.8 Å². The number of H-pyrrole nitrogens is 1. The second-order valence-corrected chi connectivity index (χ2v) is 4.93. The Morgan fingerprint density at radius 2 is 2.00 bits per heavy atom. The maximum absolute atomic E-state index is 4.35. The van der Waals surface area contributed by atoms with Gasteiger partial charge < -0.3 is 5.32 Å². The van der Waals surface area contributed by atoms with E-state index >= 15 is 0 Å². The maximum atomic E-state index is 4.35. The molecule has 5 heteroatoms. The van der Waals surface area contributed by atoms with Gasteiger partial charge in [0.25, 0.3) is 0 Å². The van der Waals surface area contributed by atoms with Gasteiger partial charge in [0.15, 0.2) is 5.82 Å². The van der Waals surface area contributed by atoms with Crippen molar-refractivity contribution in [1.82, 2.24) is 20.2 Å². The molecule has 4 aromatic rings. The van der Waals surface area contributed by atoms with Gasteiger partial charge in [-0.2, -0.15) is 5.10 Å². The average Bonchev–Trinajstić information content (AvgIpc) is 2.91. The molecule has 5 nitrogen and oxygen atoms in total. The molecular weight excluding hydrogens is 262 g/mol. The fraction of sp³-hybridized carbons (Fsp3) is 0.0625. The number of hydrogen-bond acceptors (Lipinski definition) is 4. The number of pyridine rings is 2. The number of fused-ring (bicyclic) bond motifs is 2. The average molecular weight is 275 g/mol. The third-order valence-electron chi connectivity index (χ3n) is 3.55. The largest absolute Gasteiger partial charge is 0.337 e. The topological polar surface area (TPSA) is 66.5 Å². The van der Waals surface area contributed by atoms with Gasteiger partial charge in [-0.3, -0.25) is 15.1 Å². The lowest BCUT2D eigenvalue weighted by atomic mass is 10.1. The Labute approximate surface area is 121 Å². The quantitative estimate of drug-likeness (QED) is 0.587. The minimum atomic E-state index is 0.732. The molecule has 4 rings (SSSR count). The van der Waals surface area contributed by atoms with Gasteiger partial charge in [-0.15, -0.1) is 0 Å². The summed E-state index contributed by atoms with van der Waals surface area (Å²) in [6.45, 7) is 2.01. The smallest absolute Gasteiger partial charge is 0.178 e. The zero-order chi connectivity index (χ0) is 14.2. The zero-order valence-electron chi connectivity index (χ0n) is 11.5. The molecule has 102 valence electrons. The van der Waals surface area contributed by atoms with Crippen LogP contribution in [0.3, 0.4) is 0 Å². The van der Waals surface area contributed by atoms with Crippen LogP contribution in [0.4, 0.5) is 11.5 Å². The molecule has 0 saturated carbocycles. The Morgan fingerprint density at radius 3 is 2.95 bits per heavy atom. The van der Waals surface area contributed by atoms with Crippen LogP contribution in [-0.4, -0.2) is 20.2 Å². The van der Waals surface area contributed by atoms with E-state index in [4.69, 9.17) is 0 Å². The summed E-state index contributed by atoms with van der Waals surface area (Å²) in [6, 6.07) is 12.0. The predicted octanol–water partition coefficient (Wildman–Crippen LogP) is 3.56. The third-order valence-corrected chi connectivity index (χ3v) is 3.55. The van der Waals surface area contributed by atoms with Gasteiger partial charge in [0, 0.05) is 29.2 Å². The van der Waals surface area contributed by atoms with Gasteiger partial charge >= 0.3 is 0 Å². The van der Waals surface area contributed by atoms with Gasteiger partial charge in [-0.05, 0) is 42.6 Å². The summed E-state index contributed by atoms with van der Waals surface area (Å²) in [6.07, 6.45) is 3.59. The molecule has 0 bridgehead atoms. The summed E-state index contributed by atoms with van der Waals surface area (Å²) >= 11 is 0. The van der Waals surface area contributed by atoms with Crippen molar-refractivity contribution in [3.05, 3.63) is 54.5 Å². The molecule has 3 heterocycles. The molecule has 0 spiro atoms. The van der Waals surface area contributed by atoms with Crippen molar-refractivity contribution in [2.24, 2.45) is 0 Å². The molecule has 3 aromatic heterocycles. The summed E-state index contributed by atoms with van der Waals surface area (Å²) in [4.78, 5) is 8.65. The molecule has 0 aliphatic heterocycles. The molecule has 0 saturated heterocycles. The van der Waals surface area contributed by atoms with E-state index in [0.29, 0.717) is 0 Å². The normalized spacial score (nSPS) is 11.1. The highest BCUT2D eigenvalue weighted by Crippen LogP contribution is 2.25. The predicted molar refractivity (Wildman–Crippen MR) is 83.7 cm³/mol. The van der Waals surface area contributed by atoms with E-state index in [0.717, 1.165) is 39.0 Å². The number of aryl methyl sites for hydroxylation is 1. The monoisotopic (exact) mass is 275 g/mol. The summed E-state index contributed by atoms with van der Waals surface area (Å²) in [7, 11) is 0. The summed E-state index contributed by atoms with van der Waals surface area (Å²) < 4.78 is 0.